The van der Waals surface area contributed by atoms with E-state index in [4.69, 9.17) is 4.74 Å². The lowest BCUT2D eigenvalue weighted by Gasteiger charge is -2.39. The lowest BCUT2D eigenvalue weighted by Crippen LogP contribution is -2.54. The van der Waals surface area contributed by atoms with Gasteiger partial charge in [0.15, 0.2) is 0 Å². The third-order valence-corrected chi connectivity index (χ3v) is 3.60. The van der Waals surface area contributed by atoms with Gasteiger partial charge in [0.1, 0.15) is 6.10 Å². The smallest absolute Gasteiger partial charge is 0.253 e. The Morgan fingerprint density at radius 2 is 2.19 bits per heavy atom. The predicted molar refractivity (Wildman–Crippen MR) is 62.2 cm³/mol. The molecule has 0 aromatic heterocycles. The Morgan fingerprint density at radius 3 is 2.88 bits per heavy atom. The van der Waals surface area contributed by atoms with E-state index < -0.39 is 0 Å². The van der Waals surface area contributed by atoms with Gasteiger partial charge in [0.25, 0.3) is 5.91 Å². The Kier molecular flexibility index (Phi) is 3.82. The van der Waals surface area contributed by atoms with Gasteiger partial charge in [-0.1, -0.05) is 6.92 Å². The van der Waals surface area contributed by atoms with Gasteiger partial charge in [0.2, 0.25) is 0 Å². The first-order chi connectivity index (χ1) is 7.68. The zero-order valence-electron chi connectivity index (χ0n) is 10.2. The number of ether oxygens (including phenoxy) is 1. The maximum atomic E-state index is 12.3. The van der Waals surface area contributed by atoms with Crippen molar-refractivity contribution in [3.05, 3.63) is 0 Å². The van der Waals surface area contributed by atoms with Crippen LogP contribution in [0.2, 0.25) is 0 Å². The second-order valence-electron chi connectivity index (χ2n) is 5.09. The van der Waals surface area contributed by atoms with Crippen molar-refractivity contribution in [3.8, 4) is 0 Å². The SMILES string of the molecule is CC1CCC(C)N(C(=O)C2CNCCO2)C1. The second kappa shape index (κ2) is 5.15. The zero-order valence-corrected chi connectivity index (χ0v) is 10.2. The first-order valence-electron chi connectivity index (χ1n) is 6.31. The van der Waals surface area contributed by atoms with Crippen LogP contribution in [0.4, 0.5) is 0 Å². The van der Waals surface area contributed by atoms with E-state index in [0.29, 0.717) is 25.1 Å². The van der Waals surface area contributed by atoms with Crippen LogP contribution in [0.25, 0.3) is 0 Å². The van der Waals surface area contributed by atoms with Gasteiger partial charge in [0.05, 0.1) is 6.61 Å². The Bertz CT molecular complexity index is 251. The third-order valence-electron chi connectivity index (χ3n) is 3.60. The number of nitrogens with zero attached hydrogens (tertiary/aromatic N) is 1. The summed E-state index contributed by atoms with van der Waals surface area (Å²) in [6, 6.07) is 0.370. The molecule has 0 aromatic carbocycles. The molecule has 2 aliphatic heterocycles. The summed E-state index contributed by atoms with van der Waals surface area (Å²) >= 11 is 0. The maximum absolute atomic E-state index is 12.3. The number of piperidine rings is 1. The van der Waals surface area contributed by atoms with E-state index in [-0.39, 0.29) is 12.0 Å². The van der Waals surface area contributed by atoms with E-state index in [2.05, 4.69) is 19.2 Å². The number of carbonyl (C=O) groups is 1. The Labute approximate surface area is 97.3 Å². The minimum absolute atomic E-state index is 0.172. The van der Waals surface area contributed by atoms with Gasteiger partial charge in [-0.2, -0.15) is 0 Å². The van der Waals surface area contributed by atoms with Crippen LogP contribution in [0.3, 0.4) is 0 Å². The van der Waals surface area contributed by atoms with Crippen LogP contribution in [0, 0.1) is 5.92 Å². The number of nitrogens with one attached hydrogen (secondary N) is 1. The Hall–Kier alpha value is -0.610. The number of hydrogen-bond donors (Lipinski definition) is 1. The summed E-state index contributed by atoms with van der Waals surface area (Å²) in [7, 11) is 0. The molecular weight excluding hydrogens is 204 g/mol. The van der Waals surface area contributed by atoms with Gasteiger partial charge >= 0.3 is 0 Å². The highest BCUT2D eigenvalue weighted by Gasteiger charge is 2.32. The molecule has 2 rings (SSSR count). The highest BCUT2D eigenvalue weighted by Crippen LogP contribution is 2.22. The van der Waals surface area contributed by atoms with Crippen LogP contribution >= 0.6 is 0 Å². The van der Waals surface area contributed by atoms with E-state index in [9.17, 15) is 4.79 Å². The monoisotopic (exact) mass is 226 g/mol. The molecule has 2 fully saturated rings. The molecule has 92 valence electrons. The van der Waals surface area contributed by atoms with Crippen LogP contribution < -0.4 is 5.32 Å². The molecule has 16 heavy (non-hydrogen) atoms. The third kappa shape index (κ3) is 2.55. The lowest BCUT2D eigenvalue weighted by atomic mass is 9.94. The summed E-state index contributed by atoms with van der Waals surface area (Å²) in [6.45, 7) is 7.41. The van der Waals surface area contributed by atoms with Crippen LogP contribution in [0.5, 0.6) is 0 Å². The average Bonchev–Trinajstić information content (AvgIpc) is 2.32. The van der Waals surface area contributed by atoms with Gasteiger partial charge in [-0.3, -0.25) is 4.79 Å². The summed E-state index contributed by atoms with van der Waals surface area (Å²) in [6.07, 6.45) is 2.09. The van der Waals surface area contributed by atoms with Crippen molar-refractivity contribution in [3.63, 3.8) is 0 Å². The van der Waals surface area contributed by atoms with Crippen LogP contribution in [-0.2, 0) is 9.53 Å². The fourth-order valence-electron chi connectivity index (χ4n) is 2.50. The number of carbonyl (C=O) groups excluding carboxylic acids is 1. The van der Waals surface area contributed by atoms with Crippen molar-refractivity contribution in [1.29, 1.82) is 0 Å². The molecule has 1 amide bonds. The van der Waals surface area contributed by atoms with Crippen molar-refractivity contribution in [2.75, 3.05) is 26.2 Å². The molecule has 2 saturated heterocycles. The first-order valence-corrected chi connectivity index (χ1v) is 6.31. The highest BCUT2D eigenvalue weighted by molar-refractivity contribution is 5.81. The van der Waals surface area contributed by atoms with Crippen molar-refractivity contribution >= 4 is 5.91 Å². The second-order valence-corrected chi connectivity index (χ2v) is 5.09. The molecular formula is C12H22N2O2. The molecule has 0 aliphatic carbocycles. The van der Waals surface area contributed by atoms with Gasteiger partial charge in [0, 0.05) is 25.7 Å². The molecule has 0 aromatic rings. The molecule has 2 heterocycles. The number of morpholine rings is 1. The molecule has 0 radical (unpaired) electrons. The van der Waals surface area contributed by atoms with E-state index in [1.165, 1.54) is 6.42 Å². The number of rotatable bonds is 1. The molecule has 4 heteroatoms. The van der Waals surface area contributed by atoms with Gasteiger partial charge in [-0.05, 0) is 25.7 Å². The van der Waals surface area contributed by atoms with E-state index in [0.717, 1.165) is 19.5 Å². The van der Waals surface area contributed by atoms with Gasteiger partial charge in [-0.15, -0.1) is 0 Å². The summed E-state index contributed by atoms with van der Waals surface area (Å²) in [4.78, 5) is 14.3. The minimum Gasteiger partial charge on any atom is -0.366 e. The fraction of sp³-hybridized carbons (Fsp3) is 0.917. The molecule has 2 aliphatic rings. The van der Waals surface area contributed by atoms with Crippen molar-refractivity contribution in [2.24, 2.45) is 5.92 Å². The van der Waals surface area contributed by atoms with Crippen molar-refractivity contribution in [1.82, 2.24) is 10.2 Å². The summed E-state index contributed by atoms with van der Waals surface area (Å²) in [5.41, 5.74) is 0. The minimum atomic E-state index is -0.263. The quantitative estimate of drug-likeness (QED) is 0.713. The van der Waals surface area contributed by atoms with Gasteiger partial charge < -0.3 is 15.0 Å². The van der Waals surface area contributed by atoms with Crippen LogP contribution in [-0.4, -0.2) is 49.2 Å². The van der Waals surface area contributed by atoms with Crippen molar-refractivity contribution < 1.29 is 9.53 Å². The largest absolute Gasteiger partial charge is 0.366 e. The topological polar surface area (TPSA) is 41.6 Å². The first kappa shape index (κ1) is 11.9. The number of hydrogen-bond acceptors (Lipinski definition) is 3. The number of amides is 1. The van der Waals surface area contributed by atoms with E-state index in [1.54, 1.807) is 0 Å². The molecule has 0 spiro atoms. The molecule has 4 nitrogen and oxygen atoms in total. The summed E-state index contributed by atoms with van der Waals surface area (Å²) in [5.74, 6) is 0.794. The van der Waals surface area contributed by atoms with Crippen LogP contribution in [0.1, 0.15) is 26.7 Å². The molecule has 1 N–H and O–H groups in total. The van der Waals surface area contributed by atoms with Crippen LogP contribution in [0.15, 0.2) is 0 Å². The number of likely N-dealkylation sites (tertiary alicyclic amines) is 1. The standard InChI is InChI=1S/C12H22N2O2/c1-9-3-4-10(2)14(8-9)12(15)11-7-13-5-6-16-11/h9-11,13H,3-8H2,1-2H3. The lowest BCUT2D eigenvalue weighted by molar-refractivity contribution is -0.149. The Morgan fingerprint density at radius 1 is 1.38 bits per heavy atom. The van der Waals surface area contributed by atoms with E-state index >= 15 is 0 Å². The average molecular weight is 226 g/mol. The summed E-state index contributed by atoms with van der Waals surface area (Å²) in [5, 5.41) is 3.21. The van der Waals surface area contributed by atoms with Crippen molar-refractivity contribution in [2.45, 2.75) is 38.8 Å². The zero-order chi connectivity index (χ0) is 11.5. The molecule has 3 unspecified atom stereocenters. The highest BCUT2D eigenvalue weighted by atomic mass is 16.5. The molecule has 0 saturated carbocycles. The predicted octanol–water partition coefficient (Wildman–Crippen LogP) is 0.622. The fourth-order valence-corrected chi connectivity index (χ4v) is 2.50. The Balaban J connectivity index is 1.96. The molecule has 0 bridgehead atoms. The van der Waals surface area contributed by atoms with E-state index in [1.807, 2.05) is 4.90 Å². The molecule has 3 atom stereocenters. The summed E-state index contributed by atoms with van der Waals surface area (Å²) < 4.78 is 5.52. The maximum Gasteiger partial charge on any atom is 0.253 e. The van der Waals surface area contributed by atoms with Gasteiger partial charge in [-0.25, -0.2) is 0 Å². The normalized spacial score (nSPS) is 36.1.